The van der Waals surface area contributed by atoms with Crippen molar-refractivity contribution >= 4 is 43.7 Å². The van der Waals surface area contributed by atoms with Gasteiger partial charge in [-0.2, -0.15) is 0 Å². The second-order valence-electron chi connectivity index (χ2n) is 7.98. The van der Waals surface area contributed by atoms with E-state index in [-0.39, 0.29) is 43.7 Å². The van der Waals surface area contributed by atoms with Crippen LogP contribution in [0.1, 0.15) is 142 Å². The quantitative estimate of drug-likeness (QED) is 0.109. The summed E-state index contributed by atoms with van der Waals surface area (Å²) in [5.41, 5.74) is 0. The van der Waals surface area contributed by atoms with E-state index in [0.29, 0.717) is 13.0 Å². The molecule has 0 fully saturated rings. The minimum Gasteiger partial charge on any atom is -0.466 e. The smallest absolute Gasteiger partial charge is 0.305 e. The zero-order chi connectivity index (χ0) is 19.1. The Morgan fingerprint density at radius 2 is 0.852 bits per heavy atom. The SMILES string of the molecule is CCCCCCCCCCCCOC(=O)CCCCCCCCCCC.[Ca]. The maximum Gasteiger partial charge on any atom is 0.305 e. The number of carbonyl (C=O) groups excluding carboxylic acids is 1. The molecular weight excluding hydrogens is 360 g/mol. The Balaban J connectivity index is 0. The Hall–Kier alpha value is 0.730. The van der Waals surface area contributed by atoms with Gasteiger partial charge in [0.25, 0.3) is 0 Å². The van der Waals surface area contributed by atoms with Crippen molar-refractivity contribution in [2.24, 2.45) is 0 Å². The third-order valence-corrected chi connectivity index (χ3v) is 5.25. The molecule has 0 spiro atoms. The number of hydrogen-bond donors (Lipinski definition) is 0. The fourth-order valence-electron chi connectivity index (χ4n) is 3.43. The van der Waals surface area contributed by atoms with E-state index < -0.39 is 0 Å². The first-order valence-corrected chi connectivity index (χ1v) is 12.0. The van der Waals surface area contributed by atoms with Crippen LogP contribution in [0, 0.1) is 0 Å². The predicted molar refractivity (Wildman–Crippen MR) is 120 cm³/mol. The van der Waals surface area contributed by atoms with Gasteiger partial charge in [-0.05, 0) is 12.8 Å². The summed E-state index contributed by atoms with van der Waals surface area (Å²) in [6, 6.07) is 0. The Morgan fingerprint density at radius 3 is 1.26 bits per heavy atom. The van der Waals surface area contributed by atoms with Crippen LogP contribution in [0.3, 0.4) is 0 Å². The van der Waals surface area contributed by atoms with E-state index in [1.807, 2.05) is 0 Å². The molecule has 0 aliphatic rings. The molecule has 2 radical (unpaired) electrons. The van der Waals surface area contributed by atoms with Gasteiger partial charge < -0.3 is 4.74 Å². The first-order valence-electron chi connectivity index (χ1n) is 12.0. The van der Waals surface area contributed by atoms with Crippen LogP contribution in [0.25, 0.3) is 0 Å². The normalized spacial score (nSPS) is 10.6. The Morgan fingerprint density at radius 1 is 0.519 bits per heavy atom. The molecule has 0 aromatic heterocycles. The zero-order valence-corrected chi connectivity index (χ0v) is 21.1. The summed E-state index contributed by atoms with van der Waals surface area (Å²) in [6.07, 6.45) is 25.5. The molecule has 0 aromatic carbocycles. The minimum atomic E-state index is 0. The second kappa shape index (κ2) is 26.7. The molecule has 0 aliphatic carbocycles. The summed E-state index contributed by atoms with van der Waals surface area (Å²) < 4.78 is 5.35. The van der Waals surface area contributed by atoms with E-state index in [1.165, 1.54) is 109 Å². The third kappa shape index (κ3) is 26.7. The molecular formula is C24H48CaO2. The first-order chi connectivity index (χ1) is 12.8. The molecule has 2 nitrogen and oxygen atoms in total. The van der Waals surface area contributed by atoms with Crippen molar-refractivity contribution in [2.45, 2.75) is 142 Å². The number of unbranched alkanes of at least 4 members (excludes halogenated alkanes) is 17. The number of hydrogen-bond acceptors (Lipinski definition) is 2. The van der Waals surface area contributed by atoms with E-state index in [9.17, 15) is 4.79 Å². The summed E-state index contributed by atoms with van der Waals surface area (Å²) in [5.74, 6) is 0.0175. The van der Waals surface area contributed by atoms with Gasteiger partial charge in [-0.15, -0.1) is 0 Å². The van der Waals surface area contributed by atoms with E-state index in [2.05, 4.69) is 13.8 Å². The summed E-state index contributed by atoms with van der Waals surface area (Å²) in [6.45, 7) is 5.16. The van der Waals surface area contributed by atoms with Crippen LogP contribution in [0.2, 0.25) is 0 Å². The molecule has 3 heteroatoms. The number of carbonyl (C=O) groups is 1. The van der Waals surface area contributed by atoms with E-state index >= 15 is 0 Å². The molecule has 0 rings (SSSR count). The van der Waals surface area contributed by atoms with Crippen molar-refractivity contribution in [3.05, 3.63) is 0 Å². The number of esters is 1. The molecule has 0 bridgehead atoms. The molecule has 0 aliphatic heterocycles. The van der Waals surface area contributed by atoms with Crippen LogP contribution in [0.15, 0.2) is 0 Å². The molecule has 27 heavy (non-hydrogen) atoms. The van der Waals surface area contributed by atoms with Gasteiger partial charge in [-0.3, -0.25) is 4.79 Å². The van der Waals surface area contributed by atoms with Crippen molar-refractivity contribution in [1.29, 1.82) is 0 Å². The zero-order valence-electron chi connectivity index (χ0n) is 18.9. The fraction of sp³-hybridized carbons (Fsp3) is 0.958. The van der Waals surface area contributed by atoms with Crippen LogP contribution in [-0.2, 0) is 9.53 Å². The molecule has 158 valence electrons. The molecule has 0 amide bonds. The maximum absolute atomic E-state index is 11.7. The molecule has 0 aromatic rings. The standard InChI is InChI=1S/C24H48O2.Ca/c1-3-5-7-9-11-13-15-17-19-21-23-26-24(25)22-20-18-16-14-12-10-8-6-4-2;/h3-23H2,1-2H3;. The number of ether oxygens (including phenoxy) is 1. The topological polar surface area (TPSA) is 26.3 Å². The van der Waals surface area contributed by atoms with Gasteiger partial charge >= 0.3 is 5.97 Å². The van der Waals surface area contributed by atoms with Crippen molar-refractivity contribution in [2.75, 3.05) is 6.61 Å². The Bertz CT molecular complexity index is 282. The van der Waals surface area contributed by atoms with Crippen molar-refractivity contribution in [3.8, 4) is 0 Å². The van der Waals surface area contributed by atoms with Gasteiger partial charge in [-0.1, -0.05) is 123 Å². The van der Waals surface area contributed by atoms with Crippen molar-refractivity contribution in [3.63, 3.8) is 0 Å². The average molecular weight is 409 g/mol. The van der Waals surface area contributed by atoms with Gasteiger partial charge in [-0.25, -0.2) is 0 Å². The van der Waals surface area contributed by atoms with Crippen LogP contribution in [-0.4, -0.2) is 50.3 Å². The minimum absolute atomic E-state index is 0. The van der Waals surface area contributed by atoms with E-state index in [0.717, 1.165) is 12.8 Å². The predicted octanol–water partition coefficient (Wildman–Crippen LogP) is 7.99. The summed E-state index contributed by atoms with van der Waals surface area (Å²) in [4.78, 5) is 11.7. The van der Waals surface area contributed by atoms with E-state index in [4.69, 9.17) is 4.74 Å². The summed E-state index contributed by atoms with van der Waals surface area (Å²) in [5, 5.41) is 0. The van der Waals surface area contributed by atoms with Gasteiger partial charge in [0.05, 0.1) is 6.61 Å². The summed E-state index contributed by atoms with van der Waals surface area (Å²) in [7, 11) is 0. The third-order valence-electron chi connectivity index (χ3n) is 5.25. The average Bonchev–Trinajstić information content (AvgIpc) is 2.64. The molecule has 0 saturated heterocycles. The van der Waals surface area contributed by atoms with Crippen LogP contribution < -0.4 is 0 Å². The molecule has 0 saturated carbocycles. The molecule has 0 N–H and O–H groups in total. The second-order valence-corrected chi connectivity index (χ2v) is 7.98. The van der Waals surface area contributed by atoms with Gasteiger partial charge in [0.1, 0.15) is 0 Å². The maximum atomic E-state index is 11.7. The molecule has 0 heterocycles. The van der Waals surface area contributed by atoms with Crippen LogP contribution >= 0.6 is 0 Å². The number of rotatable bonds is 21. The van der Waals surface area contributed by atoms with E-state index in [1.54, 1.807) is 0 Å². The van der Waals surface area contributed by atoms with Crippen LogP contribution in [0.5, 0.6) is 0 Å². The Labute approximate surface area is 201 Å². The van der Waals surface area contributed by atoms with Crippen molar-refractivity contribution in [1.82, 2.24) is 0 Å². The van der Waals surface area contributed by atoms with Gasteiger partial charge in [0.2, 0.25) is 0 Å². The monoisotopic (exact) mass is 408 g/mol. The Kier molecular flexibility index (Phi) is 29.6. The van der Waals surface area contributed by atoms with Crippen molar-refractivity contribution < 1.29 is 9.53 Å². The first kappa shape index (κ1) is 29.9. The molecule has 0 unspecified atom stereocenters. The molecule has 0 atom stereocenters. The summed E-state index contributed by atoms with van der Waals surface area (Å²) >= 11 is 0. The fourth-order valence-corrected chi connectivity index (χ4v) is 3.43. The van der Waals surface area contributed by atoms with Crippen LogP contribution in [0.4, 0.5) is 0 Å². The van der Waals surface area contributed by atoms with Gasteiger partial charge in [0.15, 0.2) is 0 Å². The van der Waals surface area contributed by atoms with Gasteiger partial charge in [0, 0.05) is 44.2 Å². The largest absolute Gasteiger partial charge is 0.466 e.